The highest BCUT2D eigenvalue weighted by molar-refractivity contribution is 6.18. The van der Waals surface area contributed by atoms with E-state index in [1.807, 2.05) is 36.4 Å². The number of rotatable bonds is 4. The average molecular weight is 586 g/mol. The first-order chi connectivity index (χ1) is 22.8. The van der Waals surface area contributed by atoms with E-state index < -0.39 is 0 Å². The fourth-order valence-corrected chi connectivity index (χ4v) is 6.66. The van der Waals surface area contributed by atoms with Crippen molar-refractivity contribution in [3.63, 3.8) is 0 Å². The second-order valence-corrected chi connectivity index (χ2v) is 11.6. The number of benzene rings is 8. The van der Waals surface area contributed by atoms with Crippen LogP contribution in [0.3, 0.4) is 0 Å². The molecule has 9 aromatic rings. The molecule has 1 heterocycles. The van der Waals surface area contributed by atoms with Gasteiger partial charge in [-0.3, -0.25) is 0 Å². The van der Waals surface area contributed by atoms with Crippen LogP contribution in [0.25, 0.3) is 88.4 Å². The van der Waals surface area contributed by atoms with E-state index in [1.165, 1.54) is 32.3 Å². The minimum absolute atomic E-state index is 0.653. The molecule has 0 atom stereocenters. The molecule has 0 saturated carbocycles. The molecule has 214 valence electrons. The van der Waals surface area contributed by atoms with E-state index in [1.54, 1.807) is 0 Å². The summed E-state index contributed by atoms with van der Waals surface area (Å²) in [5.41, 5.74) is 5.11. The molecule has 0 N–H and O–H groups in total. The number of hydrogen-bond acceptors (Lipinski definition) is 3. The second-order valence-electron chi connectivity index (χ2n) is 11.6. The molecule has 0 radical (unpaired) electrons. The quantitative estimate of drug-likeness (QED) is 0.193. The zero-order valence-corrected chi connectivity index (χ0v) is 24.9. The van der Waals surface area contributed by atoms with E-state index in [0.29, 0.717) is 17.5 Å². The molecule has 3 nitrogen and oxygen atoms in total. The number of hydrogen-bond donors (Lipinski definition) is 0. The maximum Gasteiger partial charge on any atom is 0.165 e. The number of nitrogens with zero attached hydrogens (tertiary/aromatic N) is 3. The summed E-state index contributed by atoms with van der Waals surface area (Å²) in [6.07, 6.45) is 0. The van der Waals surface area contributed by atoms with Crippen LogP contribution in [-0.4, -0.2) is 15.0 Å². The van der Waals surface area contributed by atoms with Crippen molar-refractivity contribution in [1.29, 1.82) is 0 Å². The van der Waals surface area contributed by atoms with Gasteiger partial charge in [-0.25, -0.2) is 15.0 Å². The van der Waals surface area contributed by atoms with Gasteiger partial charge in [0.25, 0.3) is 0 Å². The van der Waals surface area contributed by atoms with Crippen LogP contribution in [0, 0.1) is 0 Å². The van der Waals surface area contributed by atoms with E-state index in [4.69, 9.17) is 15.0 Å². The van der Waals surface area contributed by atoms with E-state index in [2.05, 4.69) is 127 Å². The standard InChI is InChI=1S/C43H27N3/c1-3-13-31(14-4-1)41-44-42(32-15-5-2-6-16-32)46-43(45-41)40-35-18-10-8-12-29(35)21-24-36(40)33-20-19-30-23-25-37-34-17-9-7-11-28(34)22-26-38(37)39(30)27-33/h1-27H. The minimum Gasteiger partial charge on any atom is -0.208 e. The maximum absolute atomic E-state index is 5.16. The van der Waals surface area contributed by atoms with Crippen LogP contribution < -0.4 is 0 Å². The van der Waals surface area contributed by atoms with Gasteiger partial charge >= 0.3 is 0 Å². The van der Waals surface area contributed by atoms with Crippen molar-refractivity contribution < 1.29 is 0 Å². The van der Waals surface area contributed by atoms with Crippen LogP contribution in [0.4, 0.5) is 0 Å². The van der Waals surface area contributed by atoms with Crippen LogP contribution in [-0.2, 0) is 0 Å². The van der Waals surface area contributed by atoms with Crippen molar-refractivity contribution in [2.45, 2.75) is 0 Å². The van der Waals surface area contributed by atoms with Crippen molar-refractivity contribution in [2.24, 2.45) is 0 Å². The van der Waals surface area contributed by atoms with Gasteiger partial charge in [0.1, 0.15) is 0 Å². The van der Waals surface area contributed by atoms with Crippen molar-refractivity contribution in [3.05, 3.63) is 164 Å². The van der Waals surface area contributed by atoms with Crippen LogP contribution in [0.2, 0.25) is 0 Å². The smallest absolute Gasteiger partial charge is 0.165 e. The molecule has 1 aromatic heterocycles. The first-order valence-electron chi connectivity index (χ1n) is 15.5. The second kappa shape index (κ2) is 10.8. The zero-order chi connectivity index (χ0) is 30.5. The largest absolute Gasteiger partial charge is 0.208 e. The summed E-state index contributed by atoms with van der Waals surface area (Å²) in [4.78, 5) is 15.3. The van der Waals surface area contributed by atoms with Gasteiger partial charge in [0.05, 0.1) is 0 Å². The highest BCUT2D eigenvalue weighted by atomic mass is 15.0. The van der Waals surface area contributed by atoms with Crippen LogP contribution in [0.15, 0.2) is 164 Å². The lowest BCUT2D eigenvalue weighted by Gasteiger charge is -2.16. The molecule has 0 spiro atoms. The Balaban J connectivity index is 1.33. The Bertz CT molecular complexity index is 2520. The fourth-order valence-electron chi connectivity index (χ4n) is 6.66. The number of fused-ring (bicyclic) bond motifs is 6. The van der Waals surface area contributed by atoms with E-state index in [0.717, 1.165) is 38.6 Å². The van der Waals surface area contributed by atoms with Crippen molar-refractivity contribution in [1.82, 2.24) is 15.0 Å². The Morgan fingerprint density at radius 3 is 1.43 bits per heavy atom. The Kier molecular flexibility index (Phi) is 6.14. The van der Waals surface area contributed by atoms with Gasteiger partial charge in [-0.15, -0.1) is 0 Å². The average Bonchev–Trinajstić information content (AvgIpc) is 3.14. The number of aromatic nitrogens is 3. The molecule has 8 aromatic carbocycles. The Labute approximate surface area is 266 Å². The molecule has 0 unspecified atom stereocenters. The molecule has 0 amide bonds. The first kappa shape index (κ1) is 26.2. The maximum atomic E-state index is 5.16. The Morgan fingerprint density at radius 2 is 0.761 bits per heavy atom. The summed E-state index contributed by atoms with van der Waals surface area (Å²) in [6, 6.07) is 57.6. The molecule has 9 rings (SSSR count). The van der Waals surface area contributed by atoms with Gasteiger partial charge in [0.15, 0.2) is 17.5 Å². The molecule has 0 aliphatic heterocycles. The topological polar surface area (TPSA) is 38.7 Å². The van der Waals surface area contributed by atoms with Gasteiger partial charge < -0.3 is 0 Å². The van der Waals surface area contributed by atoms with Gasteiger partial charge in [-0.05, 0) is 60.3 Å². The van der Waals surface area contributed by atoms with Crippen LogP contribution in [0.1, 0.15) is 0 Å². The molecule has 0 aliphatic carbocycles. The molecule has 0 bridgehead atoms. The SMILES string of the molecule is c1ccc(-c2nc(-c3ccccc3)nc(-c3c(-c4ccc5ccc6c7ccccc7ccc6c5c4)ccc4ccccc34)n2)cc1. The van der Waals surface area contributed by atoms with Gasteiger partial charge in [-0.2, -0.15) is 0 Å². The van der Waals surface area contributed by atoms with E-state index in [-0.39, 0.29) is 0 Å². The van der Waals surface area contributed by atoms with Crippen LogP contribution in [0.5, 0.6) is 0 Å². The third kappa shape index (κ3) is 4.41. The van der Waals surface area contributed by atoms with Crippen molar-refractivity contribution in [2.75, 3.05) is 0 Å². The predicted molar refractivity (Wildman–Crippen MR) is 192 cm³/mol. The highest BCUT2D eigenvalue weighted by Crippen LogP contribution is 2.40. The summed E-state index contributed by atoms with van der Waals surface area (Å²) in [5.74, 6) is 1.96. The zero-order valence-electron chi connectivity index (χ0n) is 24.9. The lowest BCUT2D eigenvalue weighted by molar-refractivity contribution is 1.08. The normalized spacial score (nSPS) is 11.5. The molecule has 46 heavy (non-hydrogen) atoms. The third-order valence-corrected chi connectivity index (χ3v) is 8.91. The minimum atomic E-state index is 0.653. The predicted octanol–water partition coefficient (Wildman–Crippen LogP) is 11.2. The van der Waals surface area contributed by atoms with E-state index in [9.17, 15) is 0 Å². The summed E-state index contributed by atoms with van der Waals surface area (Å²) in [5, 5.41) is 9.72. The third-order valence-electron chi connectivity index (χ3n) is 8.91. The molecule has 0 saturated heterocycles. The molecule has 0 aliphatic rings. The molecular formula is C43H27N3. The monoisotopic (exact) mass is 585 g/mol. The van der Waals surface area contributed by atoms with Gasteiger partial charge in [0.2, 0.25) is 0 Å². The lowest BCUT2D eigenvalue weighted by atomic mass is 9.90. The van der Waals surface area contributed by atoms with Crippen LogP contribution >= 0.6 is 0 Å². The molecular weight excluding hydrogens is 558 g/mol. The molecule has 3 heteroatoms. The summed E-state index contributed by atoms with van der Waals surface area (Å²) in [6.45, 7) is 0. The van der Waals surface area contributed by atoms with Crippen molar-refractivity contribution in [3.8, 4) is 45.3 Å². The Morgan fingerprint density at radius 1 is 0.283 bits per heavy atom. The first-order valence-corrected chi connectivity index (χ1v) is 15.5. The highest BCUT2D eigenvalue weighted by Gasteiger charge is 2.19. The van der Waals surface area contributed by atoms with Crippen molar-refractivity contribution >= 4 is 43.1 Å². The van der Waals surface area contributed by atoms with Gasteiger partial charge in [0, 0.05) is 16.7 Å². The summed E-state index contributed by atoms with van der Waals surface area (Å²) >= 11 is 0. The summed E-state index contributed by atoms with van der Waals surface area (Å²) < 4.78 is 0. The summed E-state index contributed by atoms with van der Waals surface area (Å²) in [7, 11) is 0. The van der Waals surface area contributed by atoms with E-state index >= 15 is 0 Å². The lowest BCUT2D eigenvalue weighted by Crippen LogP contribution is -2.01. The molecule has 0 fully saturated rings. The fraction of sp³-hybridized carbons (Fsp3) is 0. The van der Waals surface area contributed by atoms with Gasteiger partial charge in [-0.1, -0.05) is 158 Å². The Hall–Kier alpha value is -6.19.